The van der Waals surface area contributed by atoms with Gasteiger partial charge in [0.2, 0.25) is 0 Å². The topological polar surface area (TPSA) is 79.8 Å². The molecule has 0 aliphatic carbocycles. The molecule has 168 valence electrons. The van der Waals surface area contributed by atoms with E-state index in [0.29, 0.717) is 0 Å². The van der Waals surface area contributed by atoms with Crippen LogP contribution in [0.4, 0.5) is 0 Å². The van der Waals surface area contributed by atoms with E-state index >= 15 is 0 Å². The summed E-state index contributed by atoms with van der Waals surface area (Å²) >= 11 is 0. The van der Waals surface area contributed by atoms with Gasteiger partial charge in [-0.1, -0.05) is 36.4 Å². The Labute approximate surface area is 213 Å². The summed E-state index contributed by atoms with van der Waals surface area (Å²) in [5.74, 6) is 0. The summed E-state index contributed by atoms with van der Waals surface area (Å²) in [7, 11) is 0. The SMILES string of the molecule is [Pt+2].c1cc2cc3[n-]c(cc4cccc(cc5[n-]c(cc(c1)n2)c1ncccc51)n4)c1ncccc31. The third-order valence-corrected chi connectivity index (χ3v) is 5.86. The number of aromatic nitrogens is 6. The molecule has 7 aromatic heterocycles. The maximum absolute atomic E-state index is 4.89. The Kier molecular flexibility index (Phi) is 5.23. The molecule has 0 spiro atoms. The largest absolute Gasteiger partial charge is 2.00 e. The molecule has 0 N–H and O–H groups in total. The molecule has 7 rings (SSSR count). The molecule has 0 aliphatic rings. The first-order valence-corrected chi connectivity index (χ1v) is 11.0. The van der Waals surface area contributed by atoms with Gasteiger partial charge in [0.25, 0.3) is 0 Å². The van der Waals surface area contributed by atoms with Crippen LogP contribution in [0.5, 0.6) is 0 Å². The first kappa shape index (κ1) is 21.4. The molecule has 0 saturated carbocycles. The average Bonchev–Trinajstić information content (AvgIpc) is 3.37. The van der Waals surface area contributed by atoms with Gasteiger partial charge < -0.3 is 9.97 Å². The number of nitrogens with zero attached hydrogens (tertiary/aromatic N) is 6. The predicted octanol–water partition coefficient (Wildman–Crippen LogP) is 5.78. The van der Waals surface area contributed by atoms with Crippen molar-refractivity contribution >= 4 is 65.9 Å². The Bertz CT molecular complexity index is 1710. The minimum absolute atomic E-state index is 0. The van der Waals surface area contributed by atoms with Gasteiger partial charge in [-0.05, 0) is 59.3 Å². The molecule has 0 aromatic carbocycles. The Morgan fingerprint density at radius 2 is 0.857 bits per heavy atom. The van der Waals surface area contributed by atoms with Crippen molar-refractivity contribution in [3.8, 4) is 0 Å². The summed E-state index contributed by atoms with van der Waals surface area (Å²) in [4.78, 5) is 28.6. The minimum Gasteiger partial charge on any atom is -0.655 e. The molecule has 0 atom stereocenters. The molecule has 0 unspecified atom stereocenters. The summed E-state index contributed by atoms with van der Waals surface area (Å²) in [5.41, 5.74) is 8.14. The van der Waals surface area contributed by atoms with Gasteiger partial charge in [-0.2, -0.15) is 0 Å². The van der Waals surface area contributed by atoms with Crippen LogP contribution in [0.2, 0.25) is 0 Å². The molecule has 0 amide bonds. The van der Waals surface area contributed by atoms with E-state index in [4.69, 9.17) is 19.9 Å². The third-order valence-electron chi connectivity index (χ3n) is 5.86. The van der Waals surface area contributed by atoms with E-state index in [1.165, 1.54) is 0 Å². The van der Waals surface area contributed by atoms with Crippen molar-refractivity contribution in [1.82, 2.24) is 29.9 Å². The second-order valence-corrected chi connectivity index (χ2v) is 8.12. The zero-order valence-corrected chi connectivity index (χ0v) is 20.5. The van der Waals surface area contributed by atoms with Crippen molar-refractivity contribution in [2.24, 2.45) is 0 Å². The molecule has 6 nitrogen and oxygen atoms in total. The van der Waals surface area contributed by atoms with Gasteiger partial charge >= 0.3 is 21.1 Å². The van der Waals surface area contributed by atoms with Crippen LogP contribution < -0.4 is 9.97 Å². The van der Waals surface area contributed by atoms with Gasteiger partial charge in [0.05, 0.1) is 33.1 Å². The Balaban J connectivity index is 0.00000229. The third kappa shape index (κ3) is 3.82. The standard InChI is InChI=1S/C28H16N6.Pt/c1-5-17-13-23-21-9-3-12-30-28(21)26(33-23)16-20-8-2-6-18(32-20)14-24-22-10-4-11-29-27(22)25(34-24)15-19(7-1)31-17;/h1-16H;/q-2;+2. The normalized spacial score (nSPS) is 11.2. The molecular weight excluding hydrogens is 615 g/mol. The number of rotatable bonds is 0. The Morgan fingerprint density at radius 1 is 0.457 bits per heavy atom. The predicted molar refractivity (Wildman–Crippen MR) is 136 cm³/mol. The smallest absolute Gasteiger partial charge is 0.655 e. The number of hydrogen-bond donors (Lipinski definition) is 0. The summed E-state index contributed by atoms with van der Waals surface area (Å²) in [6.07, 6.45) is 3.58. The molecule has 0 aliphatic heterocycles. The number of fused-ring (bicyclic) bond motifs is 14. The first-order valence-electron chi connectivity index (χ1n) is 11.0. The van der Waals surface area contributed by atoms with Crippen molar-refractivity contribution in [2.75, 3.05) is 0 Å². The van der Waals surface area contributed by atoms with Gasteiger partial charge in [0, 0.05) is 12.4 Å². The number of hydrogen-bond acceptors (Lipinski definition) is 4. The zero-order chi connectivity index (χ0) is 22.5. The van der Waals surface area contributed by atoms with Crippen LogP contribution in [0.3, 0.4) is 0 Å². The van der Waals surface area contributed by atoms with E-state index in [-0.39, 0.29) is 21.1 Å². The molecule has 7 heterocycles. The van der Waals surface area contributed by atoms with Crippen LogP contribution in [0.25, 0.3) is 65.9 Å². The van der Waals surface area contributed by atoms with Crippen LogP contribution in [0.1, 0.15) is 0 Å². The summed E-state index contributed by atoms with van der Waals surface area (Å²) < 4.78 is 0. The van der Waals surface area contributed by atoms with E-state index in [9.17, 15) is 0 Å². The van der Waals surface area contributed by atoms with Gasteiger partial charge in [-0.25, -0.2) is 9.97 Å². The molecule has 7 heteroatoms. The van der Waals surface area contributed by atoms with Crippen LogP contribution in [0.15, 0.2) is 97.3 Å². The van der Waals surface area contributed by atoms with Crippen molar-refractivity contribution in [3.05, 3.63) is 97.3 Å². The molecule has 8 bridgehead atoms. The van der Waals surface area contributed by atoms with Gasteiger partial charge in [0.1, 0.15) is 0 Å². The van der Waals surface area contributed by atoms with Crippen LogP contribution in [-0.4, -0.2) is 19.9 Å². The summed E-state index contributed by atoms with van der Waals surface area (Å²) in [5, 5.41) is 1.96. The minimum atomic E-state index is 0. The fraction of sp³-hybridized carbons (Fsp3) is 0. The van der Waals surface area contributed by atoms with E-state index in [1.807, 2.05) is 84.9 Å². The van der Waals surface area contributed by atoms with Gasteiger partial charge in [-0.15, -0.1) is 22.1 Å². The van der Waals surface area contributed by atoms with Gasteiger partial charge in [0.15, 0.2) is 0 Å². The number of pyridine rings is 4. The van der Waals surface area contributed by atoms with Crippen LogP contribution >= 0.6 is 0 Å². The quantitative estimate of drug-likeness (QED) is 0.211. The molecule has 0 saturated heterocycles. The van der Waals surface area contributed by atoms with E-state index in [0.717, 1.165) is 65.9 Å². The first-order chi connectivity index (χ1) is 16.8. The molecule has 0 radical (unpaired) electrons. The van der Waals surface area contributed by atoms with Crippen molar-refractivity contribution in [1.29, 1.82) is 0 Å². The molecule has 0 fully saturated rings. The average molecular weight is 632 g/mol. The maximum Gasteiger partial charge on any atom is 2.00 e. The van der Waals surface area contributed by atoms with Crippen LogP contribution in [0, 0.1) is 0 Å². The summed E-state index contributed by atoms with van der Waals surface area (Å²) in [6.45, 7) is 0. The van der Waals surface area contributed by atoms with Crippen molar-refractivity contribution in [2.45, 2.75) is 0 Å². The van der Waals surface area contributed by atoms with Crippen LogP contribution in [-0.2, 0) is 21.1 Å². The Hall–Kier alpha value is -4.15. The fourth-order valence-electron chi connectivity index (χ4n) is 4.36. The summed E-state index contributed by atoms with van der Waals surface area (Å²) in [6, 6.07) is 27.7. The molecule has 7 aromatic rings. The van der Waals surface area contributed by atoms with E-state index in [2.05, 4.69) is 9.97 Å². The fourth-order valence-corrected chi connectivity index (χ4v) is 4.36. The monoisotopic (exact) mass is 631 g/mol. The zero-order valence-electron chi connectivity index (χ0n) is 18.2. The van der Waals surface area contributed by atoms with Crippen molar-refractivity contribution < 1.29 is 21.1 Å². The molecular formula is C28H16N6Pt. The van der Waals surface area contributed by atoms with E-state index in [1.54, 1.807) is 12.4 Å². The second kappa shape index (κ2) is 8.57. The van der Waals surface area contributed by atoms with Gasteiger partial charge in [-0.3, -0.25) is 9.97 Å². The van der Waals surface area contributed by atoms with E-state index < -0.39 is 0 Å². The molecule has 35 heavy (non-hydrogen) atoms. The maximum atomic E-state index is 4.89. The van der Waals surface area contributed by atoms with Crippen molar-refractivity contribution in [3.63, 3.8) is 0 Å². The Morgan fingerprint density at radius 3 is 1.29 bits per heavy atom. The second-order valence-electron chi connectivity index (χ2n) is 8.12.